The number of hydrogen-bond donors (Lipinski definition) is 1. The third-order valence-corrected chi connectivity index (χ3v) is 3.90. The van der Waals surface area contributed by atoms with Gasteiger partial charge in [0.15, 0.2) is 0 Å². The van der Waals surface area contributed by atoms with Crippen LogP contribution in [0.3, 0.4) is 0 Å². The van der Waals surface area contributed by atoms with Crippen molar-refractivity contribution in [3.63, 3.8) is 0 Å². The van der Waals surface area contributed by atoms with Crippen molar-refractivity contribution in [1.29, 1.82) is 0 Å². The zero-order chi connectivity index (χ0) is 7.84. The van der Waals surface area contributed by atoms with Crippen LogP contribution in [0.4, 0.5) is 0 Å². The van der Waals surface area contributed by atoms with Gasteiger partial charge in [-0.15, -0.1) is 0 Å². The highest BCUT2D eigenvalue weighted by molar-refractivity contribution is 4.90. The van der Waals surface area contributed by atoms with E-state index < -0.39 is 0 Å². The highest BCUT2D eigenvalue weighted by Crippen LogP contribution is 2.48. The quantitative estimate of drug-likeness (QED) is 0.612. The van der Waals surface area contributed by atoms with Gasteiger partial charge in [-0.05, 0) is 49.5 Å². The second kappa shape index (κ2) is 2.78. The molecule has 0 aliphatic heterocycles. The molecule has 64 valence electrons. The molecular formula is C10H19N. The molecule has 0 saturated heterocycles. The van der Waals surface area contributed by atoms with Gasteiger partial charge < -0.3 is 5.73 Å². The summed E-state index contributed by atoms with van der Waals surface area (Å²) in [7, 11) is 0. The Balaban J connectivity index is 2.06. The number of nitrogens with two attached hydrogens (primary N) is 1. The first kappa shape index (κ1) is 7.60. The first-order valence-corrected chi connectivity index (χ1v) is 5.01. The van der Waals surface area contributed by atoms with Crippen molar-refractivity contribution in [2.75, 3.05) is 6.54 Å². The van der Waals surface area contributed by atoms with Crippen LogP contribution in [0.15, 0.2) is 0 Å². The van der Waals surface area contributed by atoms with Crippen molar-refractivity contribution in [2.24, 2.45) is 29.4 Å². The minimum Gasteiger partial charge on any atom is -0.330 e. The van der Waals surface area contributed by atoms with Gasteiger partial charge in [-0.2, -0.15) is 0 Å². The van der Waals surface area contributed by atoms with E-state index in [-0.39, 0.29) is 0 Å². The molecule has 11 heavy (non-hydrogen) atoms. The van der Waals surface area contributed by atoms with Crippen molar-refractivity contribution < 1.29 is 0 Å². The van der Waals surface area contributed by atoms with Gasteiger partial charge >= 0.3 is 0 Å². The van der Waals surface area contributed by atoms with Crippen LogP contribution in [-0.4, -0.2) is 6.54 Å². The van der Waals surface area contributed by atoms with Crippen molar-refractivity contribution >= 4 is 0 Å². The van der Waals surface area contributed by atoms with E-state index in [2.05, 4.69) is 6.92 Å². The lowest BCUT2D eigenvalue weighted by molar-refractivity contribution is 0.226. The van der Waals surface area contributed by atoms with E-state index in [4.69, 9.17) is 5.73 Å². The molecule has 0 amide bonds. The molecule has 0 aromatic heterocycles. The minimum absolute atomic E-state index is 0.865. The summed E-state index contributed by atoms with van der Waals surface area (Å²) in [5.74, 6) is 3.89. The molecule has 0 heterocycles. The summed E-state index contributed by atoms with van der Waals surface area (Å²) >= 11 is 0. The van der Waals surface area contributed by atoms with E-state index >= 15 is 0 Å². The van der Waals surface area contributed by atoms with E-state index in [9.17, 15) is 0 Å². The average molecular weight is 153 g/mol. The van der Waals surface area contributed by atoms with Crippen LogP contribution in [0.2, 0.25) is 0 Å². The molecule has 2 saturated carbocycles. The monoisotopic (exact) mass is 153 g/mol. The molecule has 0 radical (unpaired) electrons. The normalized spacial score (nSPS) is 49.6. The Morgan fingerprint density at radius 1 is 1.27 bits per heavy atom. The molecule has 4 atom stereocenters. The van der Waals surface area contributed by atoms with E-state index in [0.29, 0.717) is 0 Å². The lowest BCUT2D eigenvalue weighted by atomic mass is 9.78. The molecule has 2 aliphatic rings. The molecule has 2 fully saturated rings. The number of rotatable bonds is 1. The van der Waals surface area contributed by atoms with Gasteiger partial charge in [0.25, 0.3) is 0 Å². The molecule has 2 unspecified atom stereocenters. The molecule has 0 spiro atoms. The van der Waals surface area contributed by atoms with Crippen molar-refractivity contribution in [1.82, 2.24) is 0 Å². The molecule has 1 heteroatoms. The Morgan fingerprint density at radius 2 is 2.09 bits per heavy atom. The maximum absolute atomic E-state index is 5.75. The van der Waals surface area contributed by atoms with Gasteiger partial charge in [0.05, 0.1) is 0 Å². The highest BCUT2D eigenvalue weighted by Gasteiger charge is 2.39. The molecule has 0 aromatic rings. The Hall–Kier alpha value is -0.0400. The Labute approximate surface area is 69.4 Å². The number of hydrogen-bond acceptors (Lipinski definition) is 1. The smallest absolute Gasteiger partial charge is 0.00461 e. The van der Waals surface area contributed by atoms with Gasteiger partial charge in [0, 0.05) is 0 Å². The van der Waals surface area contributed by atoms with Crippen LogP contribution >= 0.6 is 0 Å². The molecule has 1 nitrogen and oxygen atoms in total. The molecule has 2 N–H and O–H groups in total. The summed E-state index contributed by atoms with van der Waals surface area (Å²) in [6.07, 6.45) is 5.85. The van der Waals surface area contributed by atoms with E-state index in [1.165, 1.54) is 25.7 Å². The third-order valence-electron chi connectivity index (χ3n) is 3.90. The predicted octanol–water partition coefficient (Wildman–Crippen LogP) is 2.02. The van der Waals surface area contributed by atoms with E-state index in [1.54, 1.807) is 0 Å². The first-order chi connectivity index (χ1) is 5.31. The largest absolute Gasteiger partial charge is 0.330 e. The lowest BCUT2D eigenvalue weighted by Crippen LogP contribution is -2.27. The predicted molar refractivity (Wildman–Crippen MR) is 47.2 cm³/mol. The maximum Gasteiger partial charge on any atom is -0.00461 e. The van der Waals surface area contributed by atoms with Gasteiger partial charge in [-0.3, -0.25) is 0 Å². The fraction of sp³-hybridized carbons (Fsp3) is 1.00. The van der Waals surface area contributed by atoms with Crippen molar-refractivity contribution in [3.8, 4) is 0 Å². The lowest BCUT2D eigenvalue weighted by Gasteiger charge is -2.29. The van der Waals surface area contributed by atoms with Crippen molar-refractivity contribution in [3.05, 3.63) is 0 Å². The van der Waals surface area contributed by atoms with Crippen LogP contribution in [0, 0.1) is 23.7 Å². The van der Waals surface area contributed by atoms with E-state index in [0.717, 1.165) is 30.2 Å². The Bertz CT molecular complexity index is 144. The minimum atomic E-state index is 0.865. The summed E-state index contributed by atoms with van der Waals surface area (Å²) in [5.41, 5.74) is 5.75. The summed E-state index contributed by atoms with van der Waals surface area (Å²) < 4.78 is 0. The topological polar surface area (TPSA) is 26.0 Å². The molecule has 2 aliphatic carbocycles. The SMILES string of the molecule is C[C@H]1CC2CC[C@@H](CN)C1C2. The molecular weight excluding hydrogens is 134 g/mol. The standard InChI is InChI=1S/C10H19N/c1-7-4-8-2-3-9(6-11)10(7)5-8/h7-10H,2-6,11H2,1H3/t7-,8?,9-,10?/m0/s1. The highest BCUT2D eigenvalue weighted by atomic mass is 14.6. The third kappa shape index (κ3) is 1.20. The van der Waals surface area contributed by atoms with Crippen LogP contribution in [0.25, 0.3) is 0 Å². The fourth-order valence-electron chi connectivity index (χ4n) is 3.26. The van der Waals surface area contributed by atoms with E-state index in [1.807, 2.05) is 0 Å². The summed E-state index contributed by atoms with van der Waals surface area (Å²) in [6.45, 7) is 3.35. The zero-order valence-corrected chi connectivity index (χ0v) is 7.42. The van der Waals surface area contributed by atoms with Crippen LogP contribution in [0.1, 0.15) is 32.6 Å². The molecule has 0 aromatic carbocycles. The van der Waals surface area contributed by atoms with Crippen molar-refractivity contribution in [2.45, 2.75) is 32.6 Å². The first-order valence-electron chi connectivity index (χ1n) is 5.01. The number of fused-ring (bicyclic) bond motifs is 2. The van der Waals surface area contributed by atoms with Crippen LogP contribution in [-0.2, 0) is 0 Å². The van der Waals surface area contributed by atoms with Gasteiger partial charge in [-0.25, -0.2) is 0 Å². The summed E-state index contributed by atoms with van der Waals surface area (Å²) in [4.78, 5) is 0. The van der Waals surface area contributed by atoms with Crippen LogP contribution in [0.5, 0.6) is 0 Å². The van der Waals surface area contributed by atoms with Gasteiger partial charge in [0.2, 0.25) is 0 Å². The second-order valence-corrected chi connectivity index (χ2v) is 4.55. The Morgan fingerprint density at radius 3 is 2.82 bits per heavy atom. The fourth-order valence-corrected chi connectivity index (χ4v) is 3.26. The zero-order valence-electron chi connectivity index (χ0n) is 7.42. The Kier molecular flexibility index (Phi) is 1.92. The van der Waals surface area contributed by atoms with Crippen LogP contribution < -0.4 is 5.73 Å². The maximum atomic E-state index is 5.75. The average Bonchev–Trinajstić information content (AvgIpc) is 2.30. The van der Waals surface area contributed by atoms with Gasteiger partial charge in [-0.1, -0.05) is 13.3 Å². The molecule has 2 bridgehead atoms. The second-order valence-electron chi connectivity index (χ2n) is 4.55. The van der Waals surface area contributed by atoms with Gasteiger partial charge in [0.1, 0.15) is 0 Å². The summed E-state index contributed by atoms with van der Waals surface area (Å²) in [6, 6.07) is 0. The molecule has 2 rings (SSSR count). The summed E-state index contributed by atoms with van der Waals surface area (Å²) in [5, 5.41) is 0.